The van der Waals surface area contributed by atoms with Crippen LogP contribution in [0.15, 0.2) is 48.9 Å². The fourth-order valence-electron chi connectivity index (χ4n) is 3.03. The highest BCUT2D eigenvalue weighted by Crippen LogP contribution is 2.23. The lowest BCUT2D eigenvalue weighted by molar-refractivity contribution is 0.627. The van der Waals surface area contributed by atoms with Crippen molar-refractivity contribution in [3.8, 4) is 16.9 Å². The Hall–Kier alpha value is -2.76. The molecule has 2 aromatic heterocycles. The molecule has 2 heterocycles. The zero-order valence-electron chi connectivity index (χ0n) is 13.2. The van der Waals surface area contributed by atoms with Crippen molar-refractivity contribution < 1.29 is 4.39 Å². The van der Waals surface area contributed by atoms with E-state index in [-0.39, 0.29) is 5.82 Å². The lowest BCUT2D eigenvalue weighted by Gasteiger charge is -2.11. The van der Waals surface area contributed by atoms with Gasteiger partial charge >= 0.3 is 0 Å². The predicted octanol–water partition coefficient (Wildman–Crippen LogP) is 3.82. The van der Waals surface area contributed by atoms with Gasteiger partial charge in [-0.15, -0.1) is 0 Å². The molecule has 1 N–H and O–H groups in total. The third kappa shape index (κ3) is 3.13. The van der Waals surface area contributed by atoms with E-state index in [1.54, 1.807) is 29.2 Å². The summed E-state index contributed by atoms with van der Waals surface area (Å²) in [4.78, 5) is 8.90. The van der Waals surface area contributed by atoms with Crippen molar-refractivity contribution in [3.05, 3.63) is 54.7 Å². The molecule has 0 spiro atoms. The van der Waals surface area contributed by atoms with Gasteiger partial charge in [0.2, 0.25) is 5.95 Å². The lowest BCUT2D eigenvalue weighted by atomic mass is 10.2. The Morgan fingerprint density at radius 3 is 2.67 bits per heavy atom. The van der Waals surface area contributed by atoms with Crippen LogP contribution in [0.2, 0.25) is 0 Å². The molecule has 6 heteroatoms. The summed E-state index contributed by atoms with van der Waals surface area (Å²) in [5.41, 5.74) is 2.52. The Morgan fingerprint density at radius 2 is 1.88 bits per heavy atom. The third-order valence-corrected chi connectivity index (χ3v) is 4.31. The van der Waals surface area contributed by atoms with Gasteiger partial charge in [-0.2, -0.15) is 5.10 Å². The van der Waals surface area contributed by atoms with E-state index in [9.17, 15) is 4.39 Å². The van der Waals surface area contributed by atoms with Crippen LogP contribution >= 0.6 is 0 Å². The number of nitrogens with zero attached hydrogens (tertiary/aromatic N) is 4. The predicted molar refractivity (Wildman–Crippen MR) is 90.4 cm³/mol. The summed E-state index contributed by atoms with van der Waals surface area (Å²) < 4.78 is 14.7. The van der Waals surface area contributed by atoms with E-state index < -0.39 is 0 Å². The average molecular weight is 323 g/mol. The summed E-state index contributed by atoms with van der Waals surface area (Å²) in [5.74, 6) is 0.401. The van der Waals surface area contributed by atoms with Gasteiger partial charge < -0.3 is 5.32 Å². The maximum atomic E-state index is 13.0. The van der Waals surface area contributed by atoms with Gasteiger partial charge in [0.15, 0.2) is 0 Å². The number of hydrogen-bond donors (Lipinski definition) is 1. The van der Waals surface area contributed by atoms with Crippen LogP contribution in [0.3, 0.4) is 0 Å². The van der Waals surface area contributed by atoms with Gasteiger partial charge in [0, 0.05) is 24.0 Å². The molecule has 5 nitrogen and oxygen atoms in total. The number of rotatable bonds is 4. The van der Waals surface area contributed by atoms with E-state index in [1.807, 2.05) is 12.3 Å². The highest BCUT2D eigenvalue weighted by Gasteiger charge is 2.16. The van der Waals surface area contributed by atoms with Crippen LogP contribution in [0.4, 0.5) is 10.3 Å². The molecule has 122 valence electrons. The van der Waals surface area contributed by atoms with E-state index >= 15 is 0 Å². The minimum Gasteiger partial charge on any atom is -0.351 e. The molecule has 24 heavy (non-hydrogen) atoms. The summed E-state index contributed by atoms with van der Waals surface area (Å²) in [6.07, 6.45) is 10.3. The summed E-state index contributed by atoms with van der Waals surface area (Å²) in [7, 11) is 0. The van der Waals surface area contributed by atoms with Gasteiger partial charge in [-0.05, 0) is 43.2 Å². The zero-order valence-corrected chi connectivity index (χ0v) is 13.2. The van der Waals surface area contributed by atoms with Crippen LogP contribution in [0.1, 0.15) is 25.7 Å². The molecule has 0 unspecified atom stereocenters. The van der Waals surface area contributed by atoms with Crippen LogP contribution in [-0.2, 0) is 0 Å². The van der Waals surface area contributed by atoms with Crippen molar-refractivity contribution in [1.29, 1.82) is 0 Å². The van der Waals surface area contributed by atoms with Crippen LogP contribution < -0.4 is 5.32 Å². The molecule has 0 saturated heterocycles. The molecule has 1 saturated carbocycles. The number of benzene rings is 1. The van der Waals surface area contributed by atoms with Crippen LogP contribution in [0.25, 0.3) is 16.9 Å². The van der Waals surface area contributed by atoms with Gasteiger partial charge in [0.25, 0.3) is 0 Å². The molecule has 0 aliphatic heterocycles. The molecule has 4 rings (SSSR count). The summed E-state index contributed by atoms with van der Waals surface area (Å²) >= 11 is 0. The number of anilines is 1. The van der Waals surface area contributed by atoms with Gasteiger partial charge in [-0.1, -0.05) is 12.8 Å². The Balaban J connectivity index is 1.56. The second kappa shape index (κ2) is 6.39. The third-order valence-electron chi connectivity index (χ3n) is 4.31. The Kier molecular flexibility index (Phi) is 3.94. The monoisotopic (exact) mass is 323 g/mol. The average Bonchev–Trinajstić information content (AvgIpc) is 3.28. The van der Waals surface area contributed by atoms with Crippen LogP contribution in [-0.4, -0.2) is 25.8 Å². The fourth-order valence-corrected chi connectivity index (χ4v) is 3.03. The second-order valence-electron chi connectivity index (χ2n) is 6.04. The van der Waals surface area contributed by atoms with Crippen molar-refractivity contribution in [2.75, 3.05) is 5.32 Å². The van der Waals surface area contributed by atoms with Crippen molar-refractivity contribution in [1.82, 2.24) is 19.7 Å². The summed E-state index contributed by atoms with van der Waals surface area (Å²) in [6.45, 7) is 0. The number of aromatic nitrogens is 4. The molecule has 1 fully saturated rings. The number of halogens is 1. The zero-order chi connectivity index (χ0) is 16.4. The first-order valence-corrected chi connectivity index (χ1v) is 8.18. The molecular weight excluding hydrogens is 305 g/mol. The number of nitrogens with one attached hydrogen (secondary N) is 1. The molecular formula is C18H18FN5. The van der Waals surface area contributed by atoms with E-state index in [2.05, 4.69) is 20.4 Å². The maximum Gasteiger partial charge on any atom is 0.223 e. The topological polar surface area (TPSA) is 55.6 Å². The lowest BCUT2D eigenvalue weighted by Crippen LogP contribution is -2.16. The highest BCUT2D eigenvalue weighted by molar-refractivity contribution is 5.58. The fraction of sp³-hybridized carbons (Fsp3) is 0.278. The Morgan fingerprint density at radius 1 is 1.08 bits per heavy atom. The largest absolute Gasteiger partial charge is 0.351 e. The van der Waals surface area contributed by atoms with Crippen molar-refractivity contribution >= 4 is 5.95 Å². The minimum atomic E-state index is -0.260. The van der Waals surface area contributed by atoms with E-state index in [4.69, 9.17) is 0 Å². The molecule has 0 radical (unpaired) electrons. The Labute approximate surface area is 139 Å². The highest BCUT2D eigenvalue weighted by atomic mass is 19.1. The molecule has 3 aromatic rings. The maximum absolute atomic E-state index is 13.0. The number of hydrogen-bond acceptors (Lipinski definition) is 4. The van der Waals surface area contributed by atoms with Gasteiger partial charge in [0.1, 0.15) is 5.82 Å². The van der Waals surface area contributed by atoms with Crippen LogP contribution in [0, 0.1) is 5.82 Å². The van der Waals surface area contributed by atoms with Gasteiger partial charge in [-0.3, -0.25) is 0 Å². The molecule has 0 atom stereocenters. The molecule has 0 amide bonds. The first kappa shape index (κ1) is 14.8. The molecule has 1 aromatic carbocycles. The van der Waals surface area contributed by atoms with Gasteiger partial charge in [0.05, 0.1) is 17.6 Å². The smallest absolute Gasteiger partial charge is 0.223 e. The molecule has 1 aliphatic carbocycles. The molecule has 1 aliphatic rings. The first-order chi connectivity index (χ1) is 11.8. The Bertz CT molecular complexity index is 821. The van der Waals surface area contributed by atoms with Crippen molar-refractivity contribution in [2.45, 2.75) is 31.7 Å². The second-order valence-corrected chi connectivity index (χ2v) is 6.04. The first-order valence-electron chi connectivity index (χ1n) is 8.18. The van der Waals surface area contributed by atoms with Gasteiger partial charge in [-0.25, -0.2) is 19.0 Å². The van der Waals surface area contributed by atoms with E-state index in [0.29, 0.717) is 12.0 Å². The minimum absolute atomic E-state index is 0.260. The molecule has 0 bridgehead atoms. The quantitative estimate of drug-likeness (QED) is 0.793. The van der Waals surface area contributed by atoms with E-state index in [1.165, 1.54) is 37.8 Å². The van der Waals surface area contributed by atoms with Crippen molar-refractivity contribution in [3.63, 3.8) is 0 Å². The summed E-state index contributed by atoms with van der Waals surface area (Å²) in [5, 5.41) is 7.74. The SMILES string of the molecule is Fc1ccc(-n2cc(-c3ccnc(NC4CCCC4)n3)cn2)cc1. The standard InChI is InChI=1S/C18H18FN5/c19-14-5-7-16(8-6-14)24-12-13(11-21-24)17-9-10-20-18(23-17)22-15-3-1-2-4-15/h5-12,15H,1-4H2,(H,20,22,23). The summed E-state index contributed by atoms with van der Waals surface area (Å²) in [6, 6.07) is 8.57. The van der Waals surface area contributed by atoms with E-state index in [0.717, 1.165) is 16.9 Å². The van der Waals surface area contributed by atoms with Crippen molar-refractivity contribution in [2.24, 2.45) is 0 Å². The normalized spacial score (nSPS) is 14.9. The van der Waals surface area contributed by atoms with Crippen LogP contribution in [0.5, 0.6) is 0 Å².